The van der Waals surface area contributed by atoms with E-state index in [1.165, 1.54) is 4.90 Å². The highest BCUT2D eigenvalue weighted by atomic mass is 35.5. The number of hydrogen-bond acceptors (Lipinski definition) is 6. The minimum atomic E-state index is -0.678. The number of anilines is 1. The molecule has 1 amide bonds. The maximum atomic E-state index is 13.0. The van der Waals surface area contributed by atoms with Crippen LogP contribution in [0.3, 0.4) is 0 Å². The predicted octanol–water partition coefficient (Wildman–Crippen LogP) is 5.25. The molecule has 0 aromatic carbocycles. The molecule has 0 aliphatic rings. The topological polar surface area (TPSA) is 81.4 Å². The third kappa shape index (κ3) is 4.67. The molecule has 0 N–H and O–H groups in total. The van der Waals surface area contributed by atoms with Crippen molar-refractivity contribution < 1.29 is 13.9 Å². The summed E-state index contributed by atoms with van der Waals surface area (Å²) < 4.78 is 11.4. The van der Waals surface area contributed by atoms with Gasteiger partial charge >= 0.3 is 6.09 Å². The van der Waals surface area contributed by atoms with Gasteiger partial charge in [0.15, 0.2) is 11.4 Å². The van der Waals surface area contributed by atoms with E-state index in [9.17, 15) is 4.79 Å². The largest absolute Gasteiger partial charge is 0.451 e. The van der Waals surface area contributed by atoms with Crippen molar-refractivity contribution in [3.63, 3.8) is 0 Å². The quantitative estimate of drug-likeness (QED) is 0.556. The molecule has 0 atom stereocenters. The molecule has 0 spiro atoms. The van der Waals surface area contributed by atoms with Crippen molar-refractivity contribution in [2.24, 2.45) is 0 Å². The number of fused-ring (bicyclic) bond motifs is 1. The summed E-state index contributed by atoms with van der Waals surface area (Å²) in [7, 11) is 0. The van der Waals surface area contributed by atoms with Gasteiger partial charge in [-0.3, -0.25) is 9.88 Å². The monoisotopic (exact) mass is 400 g/mol. The average molecular weight is 401 g/mol. The Labute approximate surface area is 168 Å². The molecule has 0 radical (unpaired) electrons. The number of ether oxygens (including phenoxy) is 1. The summed E-state index contributed by atoms with van der Waals surface area (Å²) in [5.74, 6) is 0.834. The van der Waals surface area contributed by atoms with E-state index in [0.717, 1.165) is 5.56 Å². The highest BCUT2D eigenvalue weighted by Crippen LogP contribution is 2.31. The number of amides is 1. The molecular formula is C20H21ClN4O3. The molecule has 3 heterocycles. The Balaban J connectivity index is 2.12. The number of hydrogen-bond donors (Lipinski definition) is 0. The first-order valence-corrected chi connectivity index (χ1v) is 9.14. The van der Waals surface area contributed by atoms with E-state index >= 15 is 0 Å². The minimum Gasteiger partial charge on any atom is -0.451 e. The molecular weight excluding hydrogens is 380 g/mol. The van der Waals surface area contributed by atoms with Crippen molar-refractivity contribution >= 4 is 40.7 Å². The van der Waals surface area contributed by atoms with E-state index < -0.39 is 11.7 Å². The maximum absolute atomic E-state index is 13.0. The predicted molar refractivity (Wildman–Crippen MR) is 108 cm³/mol. The van der Waals surface area contributed by atoms with Crippen LogP contribution >= 0.6 is 11.6 Å². The summed E-state index contributed by atoms with van der Waals surface area (Å²) in [6, 6.07) is 5.36. The second-order valence-corrected chi connectivity index (χ2v) is 7.44. The second kappa shape index (κ2) is 7.98. The molecule has 0 aliphatic carbocycles. The fourth-order valence-electron chi connectivity index (χ4n) is 2.55. The summed E-state index contributed by atoms with van der Waals surface area (Å²) in [5, 5.41) is 0.0126. The van der Waals surface area contributed by atoms with Gasteiger partial charge in [0.2, 0.25) is 5.28 Å². The van der Waals surface area contributed by atoms with Gasteiger partial charge in [0.1, 0.15) is 16.9 Å². The highest BCUT2D eigenvalue weighted by Gasteiger charge is 2.28. The SMILES string of the molecule is C/C=C/c1cc2nc(Cl)nc(N(Cc3ccncc3)C(=O)OC(C)(C)C)c2o1. The third-order valence-corrected chi connectivity index (χ3v) is 3.81. The number of pyridine rings is 1. The number of carbonyl (C=O) groups is 1. The van der Waals surface area contributed by atoms with Crippen molar-refractivity contribution in [2.45, 2.75) is 39.8 Å². The lowest BCUT2D eigenvalue weighted by molar-refractivity contribution is 0.0576. The first-order chi connectivity index (χ1) is 13.3. The molecule has 0 fully saturated rings. The Morgan fingerprint density at radius 3 is 2.64 bits per heavy atom. The standard InChI is InChI=1S/C20H21ClN4O3/c1-5-6-14-11-15-16(27-14)17(24-18(21)23-15)25(19(26)28-20(2,3)4)12-13-7-9-22-10-8-13/h5-11H,12H2,1-4H3/b6-5+. The molecule has 3 aromatic heterocycles. The third-order valence-electron chi connectivity index (χ3n) is 3.64. The van der Waals surface area contributed by atoms with Crippen molar-refractivity contribution in [1.82, 2.24) is 15.0 Å². The first-order valence-electron chi connectivity index (χ1n) is 8.76. The molecule has 146 valence electrons. The lowest BCUT2D eigenvalue weighted by Gasteiger charge is -2.26. The van der Waals surface area contributed by atoms with Crippen LogP contribution in [0.5, 0.6) is 0 Å². The summed E-state index contributed by atoms with van der Waals surface area (Å²) in [6.07, 6.45) is 6.38. The molecule has 0 bridgehead atoms. The van der Waals surface area contributed by atoms with E-state index in [0.29, 0.717) is 16.9 Å². The zero-order valence-corrected chi connectivity index (χ0v) is 16.9. The summed E-state index contributed by atoms with van der Waals surface area (Å²) in [6.45, 7) is 7.49. The van der Waals surface area contributed by atoms with Gasteiger partial charge in [-0.05, 0) is 63.1 Å². The van der Waals surface area contributed by atoms with Crippen LogP contribution in [0.4, 0.5) is 10.6 Å². The Hall–Kier alpha value is -2.93. The number of halogens is 1. The number of allylic oxidation sites excluding steroid dienone is 1. The lowest BCUT2D eigenvalue weighted by Crippen LogP contribution is -2.37. The van der Waals surface area contributed by atoms with Crippen LogP contribution in [0, 0.1) is 0 Å². The van der Waals surface area contributed by atoms with Gasteiger partial charge in [0.05, 0.1) is 6.54 Å². The molecule has 0 aliphatic heterocycles. The molecule has 8 heteroatoms. The molecule has 7 nitrogen and oxygen atoms in total. The van der Waals surface area contributed by atoms with Crippen molar-refractivity contribution in [1.29, 1.82) is 0 Å². The number of rotatable bonds is 4. The Bertz CT molecular complexity index is 1010. The van der Waals surface area contributed by atoms with Gasteiger partial charge < -0.3 is 9.15 Å². The van der Waals surface area contributed by atoms with Crippen molar-refractivity contribution in [2.75, 3.05) is 4.90 Å². The lowest BCUT2D eigenvalue weighted by atomic mass is 10.2. The van der Waals surface area contributed by atoms with Gasteiger partial charge in [-0.15, -0.1) is 0 Å². The smallest absolute Gasteiger partial charge is 0.416 e. The Morgan fingerprint density at radius 1 is 1.29 bits per heavy atom. The minimum absolute atomic E-state index is 0.0126. The Kier molecular flexibility index (Phi) is 5.65. The second-order valence-electron chi connectivity index (χ2n) is 7.10. The van der Waals surface area contributed by atoms with E-state index in [1.54, 1.807) is 45.3 Å². The van der Waals surface area contributed by atoms with Crippen LogP contribution in [0.25, 0.3) is 17.2 Å². The molecule has 3 rings (SSSR count). The van der Waals surface area contributed by atoms with Crippen LogP contribution in [0.15, 0.2) is 41.1 Å². The molecule has 0 unspecified atom stereocenters. The van der Waals surface area contributed by atoms with E-state index in [4.69, 9.17) is 20.8 Å². The van der Waals surface area contributed by atoms with E-state index in [2.05, 4.69) is 15.0 Å². The molecule has 28 heavy (non-hydrogen) atoms. The average Bonchev–Trinajstić information content (AvgIpc) is 3.01. The number of aromatic nitrogens is 3. The van der Waals surface area contributed by atoms with Gasteiger partial charge in [-0.25, -0.2) is 9.78 Å². The van der Waals surface area contributed by atoms with Crippen LogP contribution in [-0.4, -0.2) is 26.6 Å². The first kappa shape index (κ1) is 19.8. The summed E-state index contributed by atoms with van der Waals surface area (Å²) in [4.78, 5) is 26.8. The fourth-order valence-corrected chi connectivity index (χ4v) is 2.72. The molecule has 3 aromatic rings. The van der Waals surface area contributed by atoms with Gasteiger partial charge in [0, 0.05) is 18.5 Å². The zero-order valence-electron chi connectivity index (χ0n) is 16.1. The number of carbonyl (C=O) groups excluding carboxylic acids is 1. The number of nitrogens with zero attached hydrogens (tertiary/aromatic N) is 4. The van der Waals surface area contributed by atoms with Crippen LogP contribution in [0.2, 0.25) is 5.28 Å². The normalized spacial score (nSPS) is 11.9. The highest BCUT2D eigenvalue weighted by molar-refractivity contribution is 6.28. The Morgan fingerprint density at radius 2 is 2.00 bits per heavy atom. The van der Waals surface area contributed by atoms with Crippen molar-refractivity contribution in [3.8, 4) is 0 Å². The van der Waals surface area contributed by atoms with E-state index in [-0.39, 0.29) is 17.6 Å². The van der Waals surface area contributed by atoms with Crippen LogP contribution < -0.4 is 4.90 Å². The van der Waals surface area contributed by atoms with Gasteiger partial charge in [-0.2, -0.15) is 4.98 Å². The van der Waals surface area contributed by atoms with Crippen LogP contribution in [-0.2, 0) is 11.3 Å². The van der Waals surface area contributed by atoms with E-state index in [1.807, 2.05) is 25.1 Å². The van der Waals surface area contributed by atoms with Gasteiger partial charge in [-0.1, -0.05) is 6.08 Å². The van der Waals surface area contributed by atoms with Gasteiger partial charge in [0.25, 0.3) is 0 Å². The zero-order chi connectivity index (χ0) is 20.3. The summed E-state index contributed by atoms with van der Waals surface area (Å²) >= 11 is 6.12. The molecule has 0 saturated heterocycles. The van der Waals surface area contributed by atoms with Crippen molar-refractivity contribution in [3.05, 3.63) is 53.3 Å². The summed E-state index contributed by atoms with van der Waals surface area (Å²) in [5.41, 5.74) is 1.04. The maximum Gasteiger partial charge on any atom is 0.416 e. The van der Waals surface area contributed by atoms with Crippen LogP contribution in [0.1, 0.15) is 39.0 Å². The number of furan rings is 1. The molecule has 0 saturated carbocycles. The fraction of sp³-hybridized carbons (Fsp3) is 0.300.